The van der Waals surface area contributed by atoms with Crippen molar-refractivity contribution in [2.24, 2.45) is 7.05 Å². The predicted molar refractivity (Wildman–Crippen MR) is 128 cm³/mol. The van der Waals surface area contributed by atoms with Crippen LogP contribution in [0.4, 0.5) is 0 Å². The zero-order chi connectivity index (χ0) is 23.0. The Morgan fingerprint density at radius 3 is 2.88 bits per heavy atom. The van der Waals surface area contributed by atoms with Crippen molar-refractivity contribution in [1.29, 1.82) is 0 Å². The number of hydrogen-bond acceptors (Lipinski definition) is 5. The molecule has 0 saturated carbocycles. The maximum atomic E-state index is 13.1. The zero-order valence-electron chi connectivity index (χ0n) is 18.9. The minimum atomic E-state index is -0.00536. The second-order valence-electron chi connectivity index (χ2n) is 8.85. The third kappa shape index (κ3) is 2.53. The molecule has 168 valence electrons. The van der Waals surface area contributed by atoms with Crippen LogP contribution in [0.5, 0.6) is 11.6 Å². The zero-order valence-corrected chi connectivity index (χ0v) is 18.9. The standard InChI is InChI=1S/C26H22N6O2/c1-3-32-20-7-4-14(34-21-12-27-8-9-28-21)10-16(20)23-17-11-29-26(33)24(17)22-15(25(23)32)5-6-19-18(22)13-31(2)30-19/h4,7-10,12-13H,3,5-6,11H2,1-2H3,(H,29,33). The van der Waals surface area contributed by atoms with Crippen molar-refractivity contribution in [1.82, 2.24) is 29.6 Å². The van der Waals surface area contributed by atoms with Crippen molar-refractivity contribution < 1.29 is 9.53 Å². The van der Waals surface area contributed by atoms with Gasteiger partial charge < -0.3 is 14.6 Å². The van der Waals surface area contributed by atoms with Crippen LogP contribution >= 0.6 is 0 Å². The van der Waals surface area contributed by atoms with Gasteiger partial charge in [-0.25, -0.2) is 4.98 Å². The van der Waals surface area contributed by atoms with Crippen molar-refractivity contribution in [3.63, 3.8) is 0 Å². The van der Waals surface area contributed by atoms with Crippen molar-refractivity contribution in [3.8, 4) is 22.8 Å². The van der Waals surface area contributed by atoms with Gasteiger partial charge in [0.05, 0.1) is 23.0 Å². The van der Waals surface area contributed by atoms with Gasteiger partial charge in [0.2, 0.25) is 5.88 Å². The van der Waals surface area contributed by atoms with Crippen LogP contribution in [0, 0.1) is 0 Å². The van der Waals surface area contributed by atoms with Gasteiger partial charge in [0.15, 0.2) is 0 Å². The molecule has 0 fully saturated rings. The lowest BCUT2D eigenvalue weighted by Crippen LogP contribution is -2.15. The first-order valence-corrected chi connectivity index (χ1v) is 11.5. The van der Waals surface area contributed by atoms with Crippen LogP contribution in [0.25, 0.3) is 32.9 Å². The second kappa shape index (κ2) is 6.90. The second-order valence-corrected chi connectivity index (χ2v) is 8.85. The summed E-state index contributed by atoms with van der Waals surface area (Å²) in [7, 11) is 1.94. The summed E-state index contributed by atoms with van der Waals surface area (Å²) in [6.07, 6.45) is 8.61. The van der Waals surface area contributed by atoms with E-state index in [-0.39, 0.29) is 5.91 Å². The molecule has 1 N–H and O–H groups in total. The van der Waals surface area contributed by atoms with E-state index in [1.54, 1.807) is 18.6 Å². The van der Waals surface area contributed by atoms with Crippen LogP contribution in [0.3, 0.4) is 0 Å². The summed E-state index contributed by atoms with van der Waals surface area (Å²) in [6.45, 7) is 3.52. The number of aryl methyl sites for hydroxylation is 4. The van der Waals surface area contributed by atoms with E-state index in [1.165, 1.54) is 11.1 Å². The van der Waals surface area contributed by atoms with E-state index in [2.05, 4.69) is 50.2 Å². The van der Waals surface area contributed by atoms with Crippen LogP contribution in [0.15, 0.2) is 43.0 Å². The molecule has 1 aliphatic carbocycles. The number of amides is 1. The summed E-state index contributed by atoms with van der Waals surface area (Å²) in [5.41, 5.74) is 8.65. The maximum absolute atomic E-state index is 13.1. The van der Waals surface area contributed by atoms with Gasteiger partial charge >= 0.3 is 0 Å². The summed E-state index contributed by atoms with van der Waals surface area (Å²) >= 11 is 0. The van der Waals surface area contributed by atoms with Crippen LogP contribution in [0.2, 0.25) is 0 Å². The van der Waals surface area contributed by atoms with E-state index in [1.807, 2.05) is 17.8 Å². The average Bonchev–Trinajstić information content (AvgIpc) is 3.51. The van der Waals surface area contributed by atoms with Gasteiger partial charge in [-0.15, -0.1) is 0 Å². The highest BCUT2D eigenvalue weighted by Crippen LogP contribution is 2.47. The molecule has 1 amide bonds. The highest BCUT2D eigenvalue weighted by atomic mass is 16.5. The fourth-order valence-corrected chi connectivity index (χ4v) is 5.75. The lowest BCUT2D eigenvalue weighted by molar-refractivity contribution is 0.0966. The van der Waals surface area contributed by atoms with Crippen LogP contribution in [-0.4, -0.2) is 30.2 Å². The molecule has 2 aliphatic rings. The number of carbonyl (C=O) groups is 1. The fraction of sp³-hybridized carbons (Fsp3) is 0.231. The first-order chi connectivity index (χ1) is 16.6. The molecule has 0 unspecified atom stereocenters. The molecule has 4 heterocycles. The summed E-state index contributed by atoms with van der Waals surface area (Å²) in [5, 5.41) is 9.98. The van der Waals surface area contributed by atoms with Crippen molar-refractivity contribution in [2.45, 2.75) is 32.9 Å². The number of rotatable bonds is 3. The van der Waals surface area contributed by atoms with Gasteiger partial charge in [-0.05, 0) is 49.1 Å². The Hall–Kier alpha value is -4.20. The molecule has 0 radical (unpaired) electrons. The highest BCUT2D eigenvalue weighted by molar-refractivity contribution is 6.19. The molecule has 0 spiro atoms. The summed E-state index contributed by atoms with van der Waals surface area (Å²) in [6, 6.07) is 6.13. The Bertz CT molecular complexity index is 1650. The van der Waals surface area contributed by atoms with Gasteiger partial charge in [-0.1, -0.05) is 0 Å². The number of hydrogen-bond donors (Lipinski definition) is 1. The topological polar surface area (TPSA) is 86.9 Å². The Kier molecular flexibility index (Phi) is 3.91. The molecule has 0 atom stereocenters. The SMILES string of the molecule is CCn1c2ccc(Oc3cnccn3)cc2c2c3c(c4c(c21)CCc1nn(C)cc1-4)C(=O)NC3. The average molecular weight is 451 g/mol. The molecule has 3 aromatic heterocycles. The molecule has 0 saturated heterocycles. The van der Waals surface area contributed by atoms with Gasteiger partial charge in [0, 0.05) is 66.1 Å². The largest absolute Gasteiger partial charge is 0.437 e. The van der Waals surface area contributed by atoms with E-state index in [9.17, 15) is 4.79 Å². The molecule has 8 heteroatoms. The molecule has 5 aromatic rings. The number of carbonyl (C=O) groups excluding carboxylic acids is 1. The van der Waals surface area contributed by atoms with Gasteiger partial charge in [-0.3, -0.25) is 14.5 Å². The molecular formula is C26H22N6O2. The van der Waals surface area contributed by atoms with Crippen LogP contribution in [0.1, 0.15) is 34.1 Å². The number of nitrogens with one attached hydrogen (secondary N) is 1. The number of ether oxygens (including phenoxy) is 1. The van der Waals surface area contributed by atoms with E-state index >= 15 is 0 Å². The Morgan fingerprint density at radius 1 is 1.15 bits per heavy atom. The van der Waals surface area contributed by atoms with E-state index in [0.29, 0.717) is 18.2 Å². The number of nitrogens with zero attached hydrogens (tertiary/aromatic N) is 5. The molecule has 7 rings (SSSR count). The summed E-state index contributed by atoms with van der Waals surface area (Å²) < 4.78 is 10.2. The Balaban J connectivity index is 1.57. The van der Waals surface area contributed by atoms with Gasteiger partial charge in [0.1, 0.15) is 5.75 Å². The Morgan fingerprint density at radius 2 is 2.06 bits per heavy atom. The third-order valence-corrected chi connectivity index (χ3v) is 6.99. The van der Waals surface area contributed by atoms with E-state index in [4.69, 9.17) is 4.74 Å². The molecule has 8 nitrogen and oxygen atoms in total. The van der Waals surface area contributed by atoms with E-state index in [0.717, 1.165) is 63.6 Å². The fourth-order valence-electron chi connectivity index (χ4n) is 5.75. The van der Waals surface area contributed by atoms with Crippen molar-refractivity contribution in [3.05, 3.63) is 65.4 Å². The molecule has 1 aliphatic heterocycles. The Labute approximate surface area is 195 Å². The normalized spacial score (nSPS) is 14.2. The van der Waals surface area contributed by atoms with Gasteiger partial charge in [0.25, 0.3) is 5.91 Å². The molecule has 0 bridgehead atoms. The summed E-state index contributed by atoms with van der Waals surface area (Å²) in [4.78, 5) is 21.5. The monoisotopic (exact) mass is 450 g/mol. The predicted octanol–water partition coefficient (Wildman–Crippen LogP) is 4.14. The lowest BCUT2D eigenvalue weighted by atomic mass is 9.82. The summed E-state index contributed by atoms with van der Waals surface area (Å²) in [5.74, 6) is 1.14. The smallest absolute Gasteiger partial charge is 0.252 e. The minimum Gasteiger partial charge on any atom is -0.437 e. The van der Waals surface area contributed by atoms with Crippen LogP contribution < -0.4 is 10.1 Å². The van der Waals surface area contributed by atoms with Gasteiger partial charge in [-0.2, -0.15) is 5.10 Å². The highest BCUT2D eigenvalue weighted by Gasteiger charge is 2.35. The van der Waals surface area contributed by atoms with Crippen molar-refractivity contribution in [2.75, 3.05) is 0 Å². The molecule has 2 aromatic carbocycles. The van der Waals surface area contributed by atoms with Crippen LogP contribution in [-0.2, 0) is 33.0 Å². The number of fused-ring (bicyclic) bond motifs is 10. The molecular weight excluding hydrogens is 428 g/mol. The first kappa shape index (κ1) is 19.3. The number of aromatic nitrogens is 5. The van der Waals surface area contributed by atoms with Crippen molar-refractivity contribution >= 4 is 27.7 Å². The molecule has 34 heavy (non-hydrogen) atoms. The number of benzene rings is 2. The third-order valence-electron chi connectivity index (χ3n) is 6.99. The first-order valence-electron chi connectivity index (χ1n) is 11.5. The lowest BCUT2D eigenvalue weighted by Gasteiger charge is -2.21. The van der Waals surface area contributed by atoms with E-state index < -0.39 is 0 Å². The quantitative estimate of drug-likeness (QED) is 0.446. The maximum Gasteiger partial charge on any atom is 0.252 e. The minimum absolute atomic E-state index is 0.00536.